The number of rotatable bonds is 5. The minimum atomic E-state index is -0.695. The third-order valence-electron chi connectivity index (χ3n) is 4.22. The summed E-state index contributed by atoms with van der Waals surface area (Å²) in [6, 6.07) is 20.6. The van der Waals surface area contributed by atoms with Crippen molar-refractivity contribution in [2.24, 2.45) is 0 Å². The Labute approximate surface area is 153 Å². The van der Waals surface area contributed by atoms with Gasteiger partial charge in [0.25, 0.3) is 5.69 Å². The highest BCUT2D eigenvalue weighted by molar-refractivity contribution is 5.74. The highest BCUT2D eigenvalue weighted by Crippen LogP contribution is 2.32. The fraction of sp³-hybridized carbons (Fsp3) is 0.0526. The molecule has 0 aliphatic carbocycles. The van der Waals surface area contributed by atoms with Crippen molar-refractivity contribution >= 4 is 22.4 Å². The molecule has 0 saturated carbocycles. The van der Waals surface area contributed by atoms with Gasteiger partial charge in [0.1, 0.15) is 11.3 Å². The van der Waals surface area contributed by atoms with Gasteiger partial charge in [-0.15, -0.1) is 5.10 Å². The molecule has 27 heavy (non-hydrogen) atoms. The molecule has 1 heterocycles. The van der Waals surface area contributed by atoms with Gasteiger partial charge in [-0.25, -0.2) is 4.68 Å². The topological polar surface area (TPSA) is 106 Å². The number of nitrogens with one attached hydrogen (secondary N) is 1. The van der Waals surface area contributed by atoms with E-state index in [-0.39, 0.29) is 11.4 Å². The zero-order valence-corrected chi connectivity index (χ0v) is 14.1. The van der Waals surface area contributed by atoms with E-state index in [2.05, 4.69) is 15.6 Å². The molecule has 8 heteroatoms. The van der Waals surface area contributed by atoms with Gasteiger partial charge in [0.15, 0.2) is 6.17 Å². The lowest BCUT2D eigenvalue weighted by Crippen LogP contribution is -2.21. The predicted molar refractivity (Wildman–Crippen MR) is 100 cm³/mol. The van der Waals surface area contributed by atoms with Crippen LogP contribution in [-0.2, 0) is 0 Å². The number of phenols is 1. The lowest BCUT2D eigenvalue weighted by molar-refractivity contribution is -0.385. The molecule has 0 spiro atoms. The SMILES string of the molecule is O=[N+]([O-])c1ccc(O)c([C@H](Nc2ccccc2)n2nnc3ccccc32)c1. The molecule has 0 aliphatic heterocycles. The largest absolute Gasteiger partial charge is 0.508 e. The van der Waals surface area contributed by atoms with Crippen LogP contribution in [0.5, 0.6) is 5.75 Å². The molecule has 4 aromatic rings. The number of anilines is 1. The van der Waals surface area contributed by atoms with Crippen LogP contribution >= 0.6 is 0 Å². The first kappa shape index (κ1) is 16.5. The smallest absolute Gasteiger partial charge is 0.270 e. The van der Waals surface area contributed by atoms with Crippen LogP contribution in [0.25, 0.3) is 11.0 Å². The van der Waals surface area contributed by atoms with Gasteiger partial charge in [-0.2, -0.15) is 0 Å². The first-order chi connectivity index (χ1) is 13.1. The second-order valence-corrected chi connectivity index (χ2v) is 5.94. The van der Waals surface area contributed by atoms with Crippen LogP contribution in [0, 0.1) is 10.1 Å². The zero-order valence-electron chi connectivity index (χ0n) is 14.1. The molecule has 2 N–H and O–H groups in total. The van der Waals surface area contributed by atoms with Gasteiger partial charge in [-0.3, -0.25) is 10.1 Å². The van der Waals surface area contributed by atoms with E-state index in [1.54, 1.807) is 4.68 Å². The number of aromatic hydroxyl groups is 1. The molecule has 0 saturated heterocycles. The average Bonchev–Trinajstić information content (AvgIpc) is 3.11. The van der Waals surface area contributed by atoms with Crippen LogP contribution in [0.4, 0.5) is 11.4 Å². The molecule has 0 amide bonds. The molecule has 0 fully saturated rings. The number of non-ortho nitro benzene ring substituents is 1. The second kappa shape index (κ2) is 6.75. The van der Waals surface area contributed by atoms with E-state index in [1.807, 2.05) is 54.6 Å². The van der Waals surface area contributed by atoms with E-state index in [0.29, 0.717) is 11.1 Å². The van der Waals surface area contributed by atoms with Crippen molar-refractivity contribution in [1.82, 2.24) is 15.0 Å². The number of hydrogen-bond acceptors (Lipinski definition) is 6. The van der Waals surface area contributed by atoms with E-state index >= 15 is 0 Å². The summed E-state index contributed by atoms with van der Waals surface area (Å²) in [7, 11) is 0. The van der Waals surface area contributed by atoms with Crippen molar-refractivity contribution in [2.75, 3.05) is 5.32 Å². The van der Waals surface area contributed by atoms with Gasteiger partial charge in [-0.05, 0) is 30.3 Å². The number of aromatic nitrogens is 3. The van der Waals surface area contributed by atoms with Gasteiger partial charge in [-0.1, -0.05) is 35.5 Å². The molecule has 1 atom stereocenters. The van der Waals surface area contributed by atoms with Gasteiger partial charge in [0, 0.05) is 23.4 Å². The van der Waals surface area contributed by atoms with Gasteiger partial charge >= 0.3 is 0 Å². The molecule has 0 bridgehead atoms. The van der Waals surface area contributed by atoms with Crippen LogP contribution in [-0.4, -0.2) is 25.0 Å². The van der Waals surface area contributed by atoms with E-state index in [4.69, 9.17) is 0 Å². The monoisotopic (exact) mass is 361 g/mol. The van der Waals surface area contributed by atoms with Crippen LogP contribution in [0.1, 0.15) is 11.7 Å². The van der Waals surface area contributed by atoms with Crippen LogP contribution < -0.4 is 5.32 Å². The Morgan fingerprint density at radius 1 is 1.04 bits per heavy atom. The summed E-state index contributed by atoms with van der Waals surface area (Å²) in [5.74, 6) is -0.0754. The Bertz CT molecular complexity index is 1110. The normalized spacial score (nSPS) is 12.0. The average molecular weight is 361 g/mol. The zero-order chi connectivity index (χ0) is 18.8. The van der Waals surface area contributed by atoms with E-state index < -0.39 is 11.1 Å². The van der Waals surface area contributed by atoms with E-state index in [1.165, 1.54) is 18.2 Å². The van der Waals surface area contributed by atoms with Crippen LogP contribution in [0.15, 0.2) is 72.8 Å². The minimum absolute atomic E-state index is 0.0754. The highest BCUT2D eigenvalue weighted by Gasteiger charge is 2.23. The van der Waals surface area contributed by atoms with Crippen molar-refractivity contribution < 1.29 is 10.0 Å². The molecule has 0 radical (unpaired) electrons. The van der Waals surface area contributed by atoms with E-state index in [0.717, 1.165) is 11.2 Å². The number of phenolic OH excluding ortho intramolecular Hbond substituents is 1. The first-order valence-electron chi connectivity index (χ1n) is 8.22. The molecular formula is C19H15N5O3. The number of nitro benzene ring substituents is 1. The summed E-state index contributed by atoms with van der Waals surface area (Å²) in [5.41, 5.74) is 2.39. The first-order valence-corrected chi connectivity index (χ1v) is 8.22. The Balaban J connectivity index is 1.89. The molecule has 3 aromatic carbocycles. The van der Waals surface area contributed by atoms with Gasteiger partial charge < -0.3 is 10.4 Å². The number of para-hydroxylation sites is 2. The number of nitrogens with zero attached hydrogens (tertiary/aromatic N) is 4. The van der Waals surface area contributed by atoms with Crippen LogP contribution in [0.2, 0.25) is 0 Å². The quantitative estimate of drug-likeness (QED) is 0.415. The number of nitro groups is 1. The Morgan fingerprint density at radius 3 is 2.56 bits per heavy atom. The van der Waals surface area contributed by atoms with Crippen molar-refractivity contribution in [3.8, 4) is 5.75 Å². The second-order valence-electron chi connectivity index (χ2n) is 5.94. The maximum absolute atomic E-state index is 11.2. The molecule has 4 rings (SSSR count). The van der Waals surface area contributed by atoms with Crippen molar-refractivity contribution in [2.45, 2.75) is 6.17 Å². The maximum Gasteiger partial charge on any atom is 0.270 e. The van der Waals surface area contributed by atoms with Gasteiger partial charge in [0.2, 0.25) is 0 Å². The fourth-order valence-electron chi connectivity index (χ4n) is 2.92. The summed E-state index contributed by atoms with van der Waals surface area (Å²) >= 11 is 0. The minimum Gasteiger partial charge on any atom is -0.508 e. The summed E-state index contributed by atoms with van der Waals surface area (Å²) in [4.78, 5) is 10.7. The predicted octanol–water partition coefficient (Wildman–Crippen LogP) is 3.70. The van der Waals surface area contributed by atoms with E-state index in [9.17, 15) is 15.2 Å². The molecule has 8 nitrogen and oxygen atoms in total. The molecule has 1 aromatic heterocycles. The Kier molecular flexibility index (Phi) is 4.13. The third kappa shape index (κ3) is 3.15. The molecule has 0 unspecified atom stereocenters. The third-order valence-corrected chi connectivity index (χ3v) is 4.22. The summed E-state index contributed by atoms with van der Waals surface area (Å²) in [6.45, 7) is 0. The van der Waals surface area contributed by atoms with Crippen molar-refractivity contribution in [1.29, 1.82) is 0 Å². The standard InChI is InChI=1S/C19H15N5O3/c25-18-11-10-14(24(26)27)12-15(18)19(20-13-6-2-1-3-7-13)23-17-9-5-4-8-16(17)21-22-23/h1-12,19-20,25H/t19-/m1/s1. The number of benzene rings is 3. The number of hydrogen-bond donors (Lipinski definition) is 2. The lowest BCUT2D eigenvalue weighted by Gasteiger charge is -2.22. The van der Waals surface area contributed by atoms with Crippen LogP contribution in [0.3, 0.4) is 0 Å². The highest BCUT2D eigenvalue weighted by atomic mass is 16.6. The molecular weight excluding hydrogens is 346 g/mol. The fourth-order valence-corrected chi connectivity index (χ4v) is 2.92. The van der Waals surface area contributed by atoms with Crippen molar-refractivity contribution in [3.05, 3.63) is 88.5 Å². The summed E-state index contributed by atoms with van der Waals surface area (Å²) in [5, 5.41) is 33.3. The summed E-state index contributed by atoms with van der Waals surface area (Å²) in [6.07, 6.45) is -0.695. The summed E-state index contributed by atoms with van der Waals surface area (Å²) < 4.78 is 1.60. The lowest BCUT2D eigenvalue weighted by atomic mass is 10.1. The van der Waals surface area contributed by atoms with Crippen molar-refractivity contribution in [3.63, 3.8) is 0 Å². The Morgan fingerprint density at radius 2 is 1.78 bits per heavy atom. The molecule has 0 aliphatic rings. The Hall–Kier alpha value is -3.94. The number of fused-ring (bicyclic) bond motifs is 1. The molecule has 134 valence electrons. The van der Waals surface area contributed by atoms with Gasteiger partial charge in [0.05, 0.1) is 10.4 Å². The maximum atomic E-state index is 11.2.